The van der Waals surface area contributed by atoms with Crippen LogP contribution in [0.3, 0.4) is 0 Å². The number of anilines is 1. The molecule has 2 heterocycles. The van der Waals surface area contributed by atoms with Gasteiger partial charge in [0.2, 0.25) is 0 Å². The van der Waals surface area contributed by atoms with Crippen molar-refractivity contribution >= 4 is 11.8 Å². The van der Waals surface area contributed by atoms with Crippen molar-refractivity contribution in [2.45, 2.75) is 25.2 Å². The summed E-state index contributed by atoms with van der Waals surface area (Å²) in [6, 6.07) is 7.08. The Kier molecular flexibility index (Phi) is 4.00. The first-order valence-electron chi connectivity index (χ1n) is 7.03. The number of para-hydroxylation sites is 1. The fourth-order valence-electron chi connectivity index (χ4n) is 2.54. The van der Waals surface area contributed by atoms with E-state index in [4.69, 9.17) is 4.74 Å². The summed E-state index contributed by atoms with van der Waals surface area (Å²) < 4.78 is 43.4. The number of amides is 1. The molecule has 3 rings (SSSR count). The highest BCUT2D eigenvalue weighted by atomic mass is 19.4. The van der Waals surface area contributed by atoms with Crippen LogP contribution in [0.5, 0.6) is 6.01 Å². The van der Waals surface area contributed by atoms with Crippen molar-refractivity contribution in [2.75, 3.05) is 4.90 Å². The lowest BCUT2D eigenvalue weighted by Gasteiger charge is -2.34. The molecule has 1 aliphatic heterocycles. The molecule has 2 aromatic rings. The number of aryl methyl sites for hydroxylation is 1. The fraction of sp³-hybridized carbons (Fsp3) is 0.267. The molecule has 0 aliphatic carbocycles. The van der Waals surface area contributed by atoms with Gasteiger partial charge in [-0.05, 0) is 24.1 Å². The second-order valence-corrected chi connectivity index (χ2v) is 5.11. The lowest BCUT2D eigenvalue weighted by atomic mass is 10.0. The first kappa shape index (κ1) is 16.0. The summed E-state index contributed by atoms with van der Waals surface area (Å²) in [7, 11) is 0. The molecule has 1 unspecified atom stereocenters. The standard InChI is InChI=1S/C15H12F3N3O3/c16-15(17,18)11-7-8-19-13(20-11)24-12-6-5-9-3-1-2-4-10(9)21(12)14(22)23/h1-4,7-8,12H,5-6H2,(H,22,23). The number of benzene rings is 1. The van der Waals surface area contributed by atoms with Gasteiger partial charge in [0.05, 0.1) is 5.69 Å². The smallest absolute Gasteiger partial charge is 0.433 e. The van der Waals surface area contributed by atoms with Gasteiger partial charge in [-0.15, -0.1) is 0 Å². The van der Waals surface area contributed by atoms with Crippen molar-refractivity contribution in [1.29, 1.82) is 0 Å². The Hall–Kier alpha value is -2.84. The van der Waals surface area contributed by atoms with Gasteiger partial charge in [0.1, 0.15) is 0 Å². The summed E-state index contributed by atoms with van der Waals surface area (Å²) >= 11 is 0. The number of nitrogens with zero attached hydrogens (tertiary/aromatic N) is 3. The third kappa shape index (κ3) is 3.10. The van der Waals surface area contributed by atoms with Gasteiger partial charge in [-0.2, -0.15) is 18.2 Å². The molecule has 0 radical (unpaired) electrons. The molecular formula is C15H12F3N3O3. The summed E-state index contributed by atoms with van der Waals surface area (Å²) in [6.45, 7) is 0. The monoisotopic (exact) mass is 339 g/mol. The number of hydrogen-bond acceptors (Lipinski definition) is 4. The average molecular weight is 339 g/mol. The molecule has 126 valence electrons. The molecule has 1 aromatic heterocycles. The van der Waals surface area contributed by atoms with Crippen molar-refractivity contribution < 1.29 is 27.8 Å². The van der Waals surface area contributed by atoms with Crippen LogP contribution in [0.2, 0.25) is 0 Å². The van der Waals surface area contributed by atoms with E-state index in [2.05, 4.69) is 9.97 Å². The zero-order valence-electron chi connectivity index (χ0n) is 12.2. The zero-order valence-corrected chi connectivity index (χ0v) is 12.2. The van der Waals surface area contributed by atoms with Crippen LogP contribution in [0.15, 0.2) is 36.5 Å². The Labute approximate surface area is 134 Å². The van der Waals surface area contributed by atoms with Gasteiger partial charge in [-0.25, -0.2) is 14.7 Å². The van der Waals surface area contributed by atoms with Crippen molar-refractivity contribution in [3.63, 3.8) is 0 Å². The summed E-state index contributed by atoms with van der Waals surface area (Å²) in [5.74, 6) is 0. The SMILES string of the molecule is O=C(O)N1c2ccccc2CCC1Oc1nccc(C(F)(F)F)n1. The summed E-state index contributed by atoms with van der Waals surface area (Å²) in [6.07, 6.45) is -5.16. The molecule has 0 fully saturated rings. The number of carbonyl (C=O) groups is 1. The highest BCUT2D eigenvalue weighted by Crippen LogP contribution is 2.32. The van der Waals surface area contributed by atoms with Crippen molar-refractivity contribution in [2.24, 2.45) is 0 Å². The summed E-state index contributed by atoms with van der Waals surface area (Å²) in [5, 5.41) is 9.44. The van der Waals surface area contributed by atoms with Crippen molar-refractivity contribution in [3.8, 4) is 6.01 Å². The van der Waals surface area contributed by atoms with Gasteiger partial charge in [-0.3, -0.25) is 0 Å². The van der Waals surface area contributed by atoms with E-state index < -0.39 is 30.2 Å². The number of carboxylic acid groups (broad SMARTS) is 1. The Morgan fingerprint density at radius 3 is 2.75 bits per heavy atom. The van der Waals surface area contributed by atoms with Gasteiger partial charge in [0, 0.05) is 12.6 Å². The molecular weight excluding hydrogens is 327 g/mol. The second kappa shape index (κ2) is 5.99. The fourth-order valence-corrected chi connectivity index (χ4v) is 2.54. The molecule has 0 saturated heterocycles. The van der Waals surface area contributed by atoms with E-state index in [1.165, 1.54) is 0 Å². The Bertz CT molecular complexity index is 767. The molecule has 6 nitrogen and oxygen atoms in total. The van der Waals surface area contributed by atoms with Crippen molar-refractivity contribution in [1.82, 2.24) is 9.97 Å². The second-order valence-electron chi connectivity index (χ2n) is 5.11. The highest BCUT2D eigenvalue weighted by molar-refractivity contribution is 5.88. The van der Waals surface area contributed by atoms with Crippen LogP contribution in [-0.4, -0.2) is 27.4 Å². The lowest BCUT2D eigenvalue weighted by molar-refractivity contribution is -0.141. The molecule has 0 bridgehead atoms. The number of rotatable bonds is 2. The number of hydrogen-bond donors (Lipinski definition) is 1. The van der Waals surface area contributed by atoms with Crippen LogP contribution in [0, 0.1) is 0 Å². The molecule has 0 saturated carbocycles. The first-order valence-corrected chi connectivity index (χ1v) is 7.03. The average Bonchev–Trinajstić information content (AvgIpc) is 2.53. The molecule has 0 spiro atoms. The minimum atomic E-state index is -4.63. The van der Waals surface area contributed by atoms with Gasteiger partial charge < -0.3 is 9.84 Å². The number of halogens is 3. The van der Waals surface area contributed by atoms with Gasteiger partial charge in [-0.1, -0.05) is 18.2 Å². The maximum atomic E-state index is 12.7. The van der Waals surface area contributed by atoms with E-state index in [0.717, 1.165) is 22.7 Å². The summed E-state index contributed by atoms with van der Waals surface area (Å²) in [5.41, 5.74) is 0.114. The van der Waals surface area contributed by atoms with Crippen LogP contribution in [-0.2, 0) is 12.6 Å². The molecule has 9 heteroatoms. The van der Waals surface area contributed by atoms with Crippen molar-refractivity contribution in [3.05, 3.63) is 47.8 Å². The van der Waals surface area contributed by atoms with Gasteiger partial charge in [0.15, 0.2) is 11.9 Å². The highest BCUT2D eigenvalue weighted by Gasteiger charge is 2.35. The predicted octanol–water partition coefficient (Wildman–Crippen LogP) is 3.33. The number of alkyl halides is 3. The van der Waals surface area contributed by atoms with Crippen LogP contribution in [0.25, 0.3) is 0 Å². The van der Waals surface area contributed by atoms with E-state index >= 15 is 0 Å². The normalized spacial score (nSPS) is 17.3. The minimum absolute atomic E-state index is 0.281. The minimum Gasteiger partial charge on any atom is -0.465 e. The van der Waals surface area contributed by atoms with Crippen LogP contribution >= 0.6 is 0 Å². The molecule has 1 aliphatic rings. The Morgan fingerprint density at radius 1 is 1.29 bits per heavy atom. The summed E-state index contributed by atoms with van der Waals surface area (Å²) in [4.78, 5) is 19.5. The predicted molar refractivity (Wildman–Crippen MR) is 76.7 cm³/mol. The first-order chi connectivity index (χ1) is 11.4. The lowest BCUT2D eigenvalue weighted by Crippen LogP contribution is -2.46. The van der Waals surface area contributed by atoms with Gasteiger partial charge >= 0.3 is 18.3 Å². The number of fused-ring (bicyclic) bond motifs is 1. The Morgan fingerprint density at radius 2 is 2.04 bits per heavy atom. The molecule has 1 N–H and O–H groups in total. The molecule has 1 atom stereocenters. The number of aromatic nitrogens is 2. The van der Waals surface area contributed by atoms with Gasteiger partial charge in [0.25, 0.3) is 0 Å². The Balaban J connectivity index is 1.89. The third-order valence-electron chi connectivity index (χ3n) is 3.57. The van der Waals surface area contributed by atoms with E-state index in [1.54, 1.807) is 24.3 Å². The maximum absolute atomic E-state index is 12.7. The van der Waals surface area contributed by atoms with Crippen LogP contribution in [0.4, 0.5) is 23.7 Å². The molecule has 1 amide bonds. The molecule has 24 heavy (non-hydrogen) atoms. The quantitative estimate of drug-likeness (QED) is 0.908. The van der Waals surface area contributed by atoms with E-state index in [0.29, 0.717) is 12.1 Å². The number of ether oxygens (including phenoxy) is 1. The van der Waals surface area contributed by atoms with E-state index in [9.17, 15) is 23.1 Å². The largest absolute Gasteiger partial charge is 0.465 e. The topological polar surface area (TPSA) is 75.5 Å². The van der Waals surface area contributed by atoms with Crippen LogP contribution in [0.1, 0.15) is 17.7 Å². The van der Waals surface area contributed by atoms with Crippen LogP contribution < -0.4 is 9.64 Å². The maximum Gasteiger partial charge on any atom is 0.433 e. The molecule has 1 aromatic carbocycles. The van der Waals surface area contributed by atoms with E-state index in [1.807, 2.05) is 0 Å². The zero-order chi connectivity index (χ0) is 17.3. The third-order valence-corrected chi connectivity index (χ3v) is 3.57. The van der Waals surface area contributed by atoms with E-state index in [-0.39, 0.29) is 6.42 Å².